The number of amides is 1. The average molecular weight is 373 g/mol. The zero-order chi connectivity index (χ0) is 17.6. The van der Waals surface area contributed by atoms with Crippen LogP contribution in [0, 0.1) is 0 Å². The van der Waals surface area contributed by atoms with Crippen molar-refractivity contribution in [3.63, 3.8) is 0 Å². The molecule has 8 heteroatoms. The van der Waals surface area contributed by atoms with Gasteiger partial charge in [0.2, 0.25) is 11.0 Å². The van der Waals surface area contributed by atoms with Crippen LogP contribution in [0.1, 0.15) is 23.2 Å². The summed E-state index contributed by atoms with van der Waals surface area (Å²) in [6, 6.07) is 10.9. The number of benzene rings is 1. The number of hydrogen-bond acceptors (Lipinski definition) is 7. The number of anilines is 1. The number of nitrogens with zero attached hydrogens (tertiary/aromatic N) is 2. The third-order valence-electron chi connectivity index (χ3n) is 3.39. The molecule has 0 unspecified atom stereocenters. The van der Waals surface area contributed by atoms with Gasteiger partial charge in [0.15, 0.2) is 10.8 Å². The molecule has 1 aromatic carbocycles. The highest BCUT2D eigenvalue weighted by molar-refractivity contribution is 7.23. The number of aromatic nitrogens is 2. The molecule has 3 rings (SSSR count). The maximum Gasteiger partial charge on any atom is 0.226 e. The lowest BCUT2D eigenvalue weighted by Crippen LogP contribution is -2.13. The molecule has 1 amide bonds. The molecule has 0 spiro atoms. The first-order valence-electron chi connectivity index (χ1n) is 7.51. The maximum atomic E-state index is 12.3. The lowest BCUT2D eigenvalue weighted by Gasteiger charge is -2.06. The van der Waals surface area contributed by atoms with Crippen LogP contribution in [0.5, 0.6) is 5.75 Å². The summed E-state index contributed by atoms with van der Waals surface area (Å²) in [7, 11) is 1.51. The van der Waals surface area contributed by atoms with Crippen molar-refractivity contribution < 1.29 is 14.3 Å². The summed E-state index contributed by atoms with van der Waals surface area (Å²) in [4.78, 5) is 25.3. The van der Waals surface area contributed by atoms with Crippen LogP contribution in [0.2, 0.25) is 0 Å². The highest BCUT2D eigenvalue weighted by Crippen LogP contribution is 2.29. The number of Topliss-reactive ketones (excluding diaryl/α,β-unsaturated/α-hetero) is 1. The maximum absolute atomic E-state index is 12.3. The van der Waals surface area contributed by atoms with Crippen LogP contribution in [-0.4, -0.2) is 29.0 Å². The Kier molecular flexibility index (Phi) is 5.52. The molecular weight excluding hydrogens is 358 g/mol. The fourth-order valence-corrected chi connectivity index (χ4v) is 3.74. The standard InChI is InChI=1S/C17H15N3O3S2/c1-23-13-6-3-2-5-11(13)12(21)8-9-15(22)18-17-20-19-16(25-17)14-7-4-10-24-14/h2-7,10H,8-9H2,1H3,(H,18,20,22). The molecule has 25 heavy (non-hydrogen) atoms. The Labute approximate surface area is 152 Å². The molecule has 0 aliphatic rings. The van der Waals surface area contributed by atoms with Crippen LogP contribution in [0.15, 0.2) is 41.8 Å². The first-order chi connectivity index (χ1) is 12.2. The number of hydrogen-bond donors (Lipinski definition) is 1. The normalized spacial score (nSPS) is 10.4. The summed E-state index contributed by atoms with van der Waals surface area (Å²) in [5, 5.41) is 13.9. The molecule has 0 atom stereocenters. The molecule has 0 bridgehead atoms. The smallest absolute Gasteiger partial charge is 0.226 e. The van der Waals surface area contributed by atoms with Crippen LogP contribution in [0.25, 0.3) is 9.88 Å². The van der Waals surface area contributed by atoms with Gasteiger partial charge in [-0.1, -0.05) is 29.5 Å². The van der Waals surface area contributed by atoms with Crippen LogP contribution >= 0.6 is 22.7 Å². The van der Waals surface area contributed by atoms with Gasteiger partial charge in [-0.15, -0.1) is 21.5 Å². The highest BCUT2D eigenvalue weighted by atomic mass is 32.1. The van der Waals surface area contributed by atoms with E-state index in [1.807, 2.05) is 17.5 Å². The molecule has 0 aliphatic heterocycles. The number of para-hydroxylation sites is 1. The van der Waals surface area contributed by atoms with Gasteiger partial charge in [-0.05, 0) is 23.6 Å². The SMILES string of the molecule is COc1ccccc1C(=O)CCC(=O)Nc1nnc(-c2cccs2)s1. The number of rotatable bonds is 7. The van der Waals surface area contributed by atoms with Gasteiger partial charge in [0, 0.05) is 12.8 Å². The van der Waals surface area contributed by atoms with Crippen molar-refractivity contribution >= 4 is 39.5 Å². The van der Waals surface area contributed by atoms with Gasteiger partial charge in [0.05, 0.1) is 17.6 Å². The first-order valence-corrected chi connectivity index (χ1v) is 9.20. The Morgan fingerprint density at radius 3 is 2.72 bits per heavy atom. The molecule has 0 saturated carbocycles. The Morgan fingerprint density at radius 1 is 1.12 bits per heavy atom. The minimum absolute atomic E-state index is 0.0742. The zero-order valence-corrected chi connectivity index (χ0v) is 15.0. The summed E-state index contributed by atoms with van der Waals surface area (Å²) < 4.78 is 5.17. The van der Waals surface area contributed by atoms with Crippen LogP contribution in [-0.2, 0) is 4.79 Å². The van der Waals surface area contributed by atoms with E-state index >= 15 is 0 Å². The second kappa shape index (κ2) is 8.00. The minimum atomic E-state index is -0.267. The summed E-state index contributed by atoms with van der Waals surface area (Å²) in [6.07, 6.45) is 0.174. The molecule has 6 nitrogen and oxygen atoms in total. The molecular formula is C17H15N3O3S2. The van der Waals surface area contributed by atoms with E-state index in [0.717, 1.165) is 9.88 Å². The van der Waals surface area contributed by atoms with Crippen molar-refractivity contribution in [1.82, 2.24) is 10.2 Å². The molecule has 1 N–H and O–H groups in total. The number of carbonyl (C=O) groups is 2. The zero-order valence-electron chi connectivity index (χ0n) is 13.4. The summed E-state index contributed by atoms with van der Waals surface area (Å²) >= 11 is 2.87. The van der Waals surface area contributed by atoms with Gasteiger partial charge in [-0.3, -0.25) is 9.59 Å². The molecule has 3 aromatic rings. The lowest BCUT2D eigenvalue weighted by molar-refractivity contribution is -0.116. The summed E-state index contributed by atoms with van der Waals surface area (Å²) in [5.41, 5.74) is 0.480. The van der Waals surface area contributed by atoms with Gasteiger partial charge in [0.1, 0.15) is 5.75 Å². The van der Waals surface area contributed by atoms with E-state index in [2.05, 4.69) is 15.5 Å². The van der Waals surface area contributed by atoms with E-state index in [4.69, 9.17) is 4.74 Å². The molecule has 0 saturated heterocycles. The number of methoxy groups -OCH3 is 1. The molecule has 0 aliphatic carbocycles. The Balaban J connectivity index is 1.55. The summed E-state index contributed by atoms with van der Waals surface area (Å²) in [5.74, 6) is 0.110. The fourth-order valence-electron chi connectivity index (χ4n) is 2.19. The second-order valence-corrected chi connectivity index (χ2v) is 6.99. The van der Waals surface area contributed by atoms with E-state index in [-0.39, 0.29) is 24.5 Å². The Hall–Kier alpha value is -2.58. The van der Waals surface area contributed by atoms with Crippen LogP contribution in [0.4, 0.5) is 5.13 Å². The van der Waals surface area contributed by atoms with Crippen LogP contribution < -0.4 is 10.1 Å². The van der Waals surface area contributed by atoms with Crippen molar-refractivity contribution in [3.05, 3.63) is 47.3 Å². The van der Waals surface area contributed by atoms with Crippen molar-refractivity contribution in [2.75, 3.05) is 12.4 Å². The average Bonchev–Trinajstić information content (AvgIpc) is 3.31. The van der Waals surface area contributed by atoms with Crippen molar-refractivity contribution in [2.24, 2.45) is 0 Å². The van der Waals surface area contributed by atoms with E-state index in [1.54, 1.807) is 35.6 Å². The predicted molar refractivity (Wildman–Crippen MR) is 98.4 cm³/mol. The van der Waals surface area contributed by atoms with Crippen molar-refractivity contribution in [3.8, 4) is 15.6 Å². The Bertz CT molecular complexity index is 875. The number of thiophene rings is 1. The molecule has 2 heterocycles. The molecule has 128 valence electrons. The third-order valence-corrected chi connectivity index (χ3v) is 5.27. The Morgan fingerprint density at radius 2 is 1.96 bits per heavy atom. The van der Waals surface area contributed by atoms with E-state index in [0.29, 0.717) is 16.4 Å². The van der Waals surface area contributed by atoms with E-state index in [1.165, 1.54) is 18.4 Å². The van der Waals surface area contributed by atoms with E-state index in [9.17, 15) is 9.59 Å². The van der Waals surface area contributed by atoms with E-state index < -0.39 is 0 Å². The second-order valence-electron chi connectivity index (χ2n) is 5.06. The van der Waals surface area contributed by atoms with Gasteiger partial charge in [-0.25, -0.2) is 0 Å². The number of carbonyl (C=O) groups excluding carboxylic acids is 2. The largest absolute Gasteiger partial charge is 0.496 e. The number of nitrogens with one attached hydrogen (secondary N) is 1. The first kappa shape index (κ1) is 17.2. The van der Waals surface area contributed by atoms with Crippen molar-refractivity contribution in [1.29, 1.82) is 0 Å². The van der Waals surface area contributed by atoms with Gasteiger partial charge in [0.25, 0.3) is 0 Å². The van der Waals surface area contributed by atoms with Gasteiger partial charge in [-0.2, -0.15) is 0 Å². The summed E-state index contributed by atoms with van der Waals surface area (Å²) in [6.45, 7) is 0. The quantitative estimate of drug-likeness (QED) is 0.636. The minimum Gasteiger partial charge on any atom is -0.496 e. The van der Waals surface area contributed by atoms with Crippen molar-refractivity contribution in [2.45, 2.75) is 12.8 Å². The topological polar surface area (TPSA) is 81.2 Å². The molecule has 0 radical (unpaired) electrons. The van der Waals surface area contributed by atoms with Gasteiger partial charge < -0.3 is 10.1 Å². The highest BCUT2D eigenvalue weighted by Gasteiger charge is 2.15. The van der Waals surface area contributed by atoms with Crippen LogP contribution in [0.3, 0.4) is 0 Å². The fraction of sp³-hybridized carbons (Fsp3) is 0.176. The number of ketones is 1. The van der Waals surface area contributed by atoms with Gasteiger partial charge >= 0.3 is 0 Å². The molecule has 2 aromatic heterocycles. The number of ether oxygens (including phenoxy) is 1. The monoisotopic (exact) mass is 373 g/mol. The third kappa shape index (κ3) is 4.28. The predicted octanol–water partition coefficient (Wildman–Crippen LogP) is 3.88. The lowest BCUT2D eigenvalue weighted by atomic mass is 10.1. The molecule has 0 fully saturated rings.